The first-order valence-electron chi connectivity index (χ1n) is 1.41. The molecule has 0 heterocycles. The fraction of sp³-hybridized carbons (Fsp3) is 1.00. The van der Waals surface area contributed by atoms with Crippen LogP contribution in [0, 0.1) is 0 Å². The maximum Gasteiger partial charge on any atom is 2.00 e. The van der Waals surface area contributed by atoms with Crippen molar-refractivity contribution in [3.05, 3.63) is 0 Å². The van der Waals surface area contributed by atoms with E-state index in [2.05, 4.69) is 0 Å². The first-order chi connectivity index (χ1) is 2.00. The third-order valence-corrected chi connectivity index (χ3v) is 0. The van der Waals surface area contributed by atoms with Crippen molar-refractivity contribution in [1.29, 1.82) is 0 Å². The molecule has 0 radical (unpaired) electrons. The molecule has 0 saturated carbocycles. The van der Waals surface area contributed by atoms with Crippen molar-refractivity contribution in [3.63, 3.8) is 0 Å². The molecule has 4 heteroatoms. The number of hydrogen-bond donors (Lipinski definition) is 1. The van der Waals surface area contributed by atoms with Crippen LogP contribution in [0.1, 0.15) is 0 Å². The average Bonchev–Trinajstić information content (AvgIpc) is 1.50. The van der Waals surface area contributed by atoms with E-state index in [0.717, 1.165) is 0 Å². The quantitative estimate of drug-likeness (QED) is 0.491. The normalized spacial score (nSPS) is 2.00. The summed E-state index contributed by atoms with van der Waals surface area (Å²) in [5.74, 6) is 0. The Hall–Kier alpha value is 1.02. The van der Waals surface area contributed by atoms with Crippen molar-refractivity contribution in [2.75, 3.05) is 0 Å². The molecule has 36 valence electrons. The van der Waals surface area contributed by atoms with Gasteiger partial charge in [0.1, 0.15) is 0 Å². The van der Waals surface area contributed by atoms with E-state index in [0.29, 0.717) is 0 Å². The van der Waals surface area contributed by atoms with Gasteiger partial charge in [0.2, 0.25) is 0 Å². The number of rotatable bonds is 0. The van der Waals surface area contributed by atoms with Crippen molar-refractivity contribution < 1.29 is 19.5 Å². The van der Waals surface area contributed by atoms with Gasteiger partial charge in [-0.25, -0.2) is 0 Å². The van der Waals surface area contributed by atoms with Crippen molar-refractivity contribution in [2.45, 2.75) is 13.1 Å². The molecule has 0 saturated heterocycles. The van der Waals surface area contributed by atoms with Crippen LogP contribution in [0.5, 0.6) is 0 Å². The summed E-state index contributed by atoms with van der Waals surface area (Å²) in [6, 6.07) is 0. The Bertz CT molecular complexity index is 11.5. The minimum Gasteiger partial charge on any atom is -0.344 e. The van der Waals surface area contributed by atoms with Gasteiger partial charge in [0.15, 0.2) is 0 Å². The molecule has 0 fully saturated rings. The molecule has 6 heavy (non-hydrogen) atoms. The molecule has 0 aliphatic carbocycles. The zero-order valence-corrected chi connectivity index (χ0v) is 10.6. The van der Waals surface area contributed by atoms with E-state index in [4.69, 9.17) is 0 Å². The molecule has 0 spiro atoms. The zero-order valence-electron chi connectivity index (χ0n) is 4.83. The van der Waals surface area contributed by atoms with E-state index in [1.807, 2.05) is 33.6 Å². The van der Waals surface area contributed by atoms with Crippen LogP contribution in [-0.4, -0.2) is 20.5 Å². The van der Waals surface area contributed by atoms with Gasteiger partial charge in [-0.15, -0.1) is 0 Å². The third kappa shape index (κ3) is 78.3. The molecule has 0 unspecified atom stereocenters. The van der Waals surface area contributed by atoms with Crippen LogP contribution in [0.15, 0.2) is 0 Å². The van der Waals surface area contributed by atoms with Crippen LogP contribution >= 0.6 is 0 Å². The van der Waals surface area contributed by atoms with Gasteiger partial charge in [-0.05, 0) is 0 Å². The van der Waals surface area contributed by atoms with E-state index in [1.165, 1.54) is 0 Å². The molecule has 0 aromatic heterocycles. The van der Waals surface area contributed by atoms with Crippen LogP contribution in [-0.2, 0) is 19.5 Å². The van der Waals surface area contributed by atoms with Gasteiger partial charge in [0, 0.05) is 0 Å². The summed E-state index contributed by atoms with van der Waals surface area (Å²) in [7, 11) is 3.72. The summed E-state index contributed by atoms with van der Waals surface area (Å²) in [5.41, 5.74) is 0. The molecule has 0 aromatic rings. The largest absolute Gasteiger partial charge is 2.00 e. The minimum atomic E-state index is 0. The first kappa shape index (κ1) is 27.9. The van der Waals surface area contributed by atoms with Gasteiger partial charge in [-0.2, -0.15) is 13.1 Å². The molecule has 0 bridgehead atoms. The fourth-order valence-corrected chi connectivity index (χ4v) is 0. The second-order valence-corrected chi connectivity index (χ2v) is 0. The Morgan fingerprint density at radius 2 is 0.833 bits per heavy atom. The summed E-state index contributed by atoms with van der Waals surface area (Å²) in [6.07, 6.45) is 0. The SMILES string of the molecule is C[SiH2-].C[SiH2-].N.[Zn+2]. The minimum absolute atomic E-state index is 0. The van der Waals surface area contributed by atoms with E-state index in [-0.39, 0.29) is 25.6 Å². The smallest absolute Gasteiger partial charge is 0.344 e. The van der Waals surface area contributed by atoms with Crippen LogP contribution in [0.25, 0.3) is 0 Å². The van der Waals surface area contributed by atoms with E-state index >= 15 is 0 Å². The molecule has 0 atom stereocenters. The maximum absolute atomic E-state index is 2.03. The molecular formula is C2H13NSi2Zn. The van der Waals surface area contributed by atoms with Crippen LogP contribution in [0.2, 0.25) is 13.1 Å². The van der Waals surface area contributed by atoms with E-state index < -0.39 is 0 Å². The predicted octanol–water partition coefficient (Wildman–Crippen LogP) is -0.505. The Morgan fingerprint density at radius 1 is 0.833 bits per heavy atom. The second kappa shape index (κ2) is 146. The van der Waals surface area contributed by atoms with Gasteiger partial charge in [0.05, 0.1) is 0 Å². The first-order valence-corrected chi connectivity index (χ1v) is 4.24. The monoisotopic (exact) mass is 171 g/mol. The number of hydrogen-bond acceptors (Lipinski definition) is 1. The standard InChI is InChI=1S/2CH5Si.H3N.Zn/c2*1-2;;/h2*2H2,1H3;1H3;/q2*-1;;+2. The molecular weight excluding hydrogens is 160 g/mol. The Balaban J connectivity index is -0.00000000500. The summed E-state index contributed by atoms with van der Waals surface area (Å²) < 4.78 is 0. The van der Waals surface area contributed by atoms with Crippen molar-refractivity contribution in [3.8, 4) is 0 Å². The van der Waals surface area contributed by atoms with Crippen LogP contribution < -0.4 is 6.15 Å². The van der Waals surface area contributed by atoms with Crippen molar-refractivity contribution in [1.82, 2.24) is 6.15 Å². The van der Waals surface area contributed by atoms with E-state index in [1.54, 1.807) is 0 Å². The third-order valence-electron chi connectivity index (χ3n) is 0. The van der Waals surface area contributed by atoms with Gasteiger partial charge in [0.25, 0.3) is 0 Å². The Kier molecular flexibility index (Phi) is 681. The topological polar surface area (TPSA) is 35.0 Å². The molecule has 0 aromatic carbocycles. The van der Waals surface area contributed by atoms with Crippen molar-refractivity contribution >= 4 is 20.5 Å². The van der Waals surface area contributed by atoms with E-state index in [9.17, 15) is 0 Å². The molecule has 0 aliphatic heterocycles. The molecule has 1 nitrogen and oxygen atoms in total. The maximum atomic E-state index is 2.03. The molecule has 3 N–H and O–H groups in total. The van der Waals surface area contributed by atoms with Gasteiger partial charge >= 0.3 is 19.5 Å². The van der Waals surface area contributed by atoms with Crippen molar-refractivity contribution in [2.24, 2.45) is 0 Å². The van der Waals surface area contributed by atoms with Gasteiger partial charge < -0.3 is 26.6 Å². The second-order valence-electron chi connectivity index (χ2n) is 0. The molecule has 0 amide bonds. The summed E-state index contributed by atoms with van der Waals surface area (Å²) >= 11 is 0. The Labute approximate surface area is 59.5 Å². The van der Waals surface area contributed by atoms with Gasteiger partial charge in [-0.3, -0.25) is 0 Å². The zero-order chi connectivity index (χ0) is 4.00. The molecule has 0 rings (SSSR count). The molecule has 0 aliphatic rings. The predicted molar refractivity (Wildman–Crippen MR) is 33.8 cm³/mol. The fourth-order valence-electron chi connectivity index (χ4n) is 0. The Morgan fingerprint density at radius 3 is 0.833 bits per heavy atom. The summed E-state index contributed by atoms with van der Waals surface area (Å²) in [6.45, 7) is 4.06. The van der Waals surface area contributed by atoms with Crippen LogP contribution in [0.4, 0.5) is 0 Å². The van der Waals surface area contributed by atoms with Crippen LogP contribution in [0.3, 0.4) is 0 Å². The summed E-state index contributed by atoms with van der Waals surface area (Å²) in [4.78, 5) is 0. The van der Waals surface area contributed by atoms with Gasteiger partial charge in [-0.1, -0.05) is 0 Å². The summed E-state index contributed by atoms with van der Waals surface area (Å²) in [5, 5.41) is 0. The average molecular weight is 173 g/mol.